The fourth-order valence-electron chi connectivity index (χ4n) is 3.11. The van der Waals surface area contributed by atoms with Gasteiger partial charge in [-0.2, -0.15) is 0 Å². The van der Waals surface area contributed by atoms with E-state index < -0.39 is 0 Å². The SMILES string of the molecule is CCC(CC)C(C)NC(=O)C1CCC(N)C(C)C1. The average molecular weight is 254 g/mol. The minimum atomic E-state index is 0.177. The quantitative estimate of drug-likeness (QED) is 0.792. The number of amides is 1. The third kappa shape index (κ3) is 3.98. The zero-order valence-electron chi connectivity index (χ0n) is 12.4. The van der Waals surface area contributed by atoms with Gasteiger partial charge in [0.1, 0.15) is 0 Å². The molecule has 1 aliphatic carbocycles. The van der Waals surface area contributed by atoms with Crippen molar-refractivity contribution in [1.82, 2.24) is 5.32 Å². The summed E-state index contributed by atoms with van der Waals surface area (Å²) in [6.45, 7) is 8.68. The molecule has 0 heterocycles. The number of hydrogen-bond donors (Lipinski definition) is 2. The molecule has 4 atom stereocenters. The summed E-state index contributed by atoms with van der Waals surface area (Å²) in [4.78, 5) is 12.2. The molecule has 0 saturated heterocycles. The van der Waals surface area contributed by atoms with Crippen LogP contribution in [-0.2, 0) is 4.79 Å². The van der Waals surface area contributed by atoms with Gasteiger partial charge >= 0.3 is 0 Å². The van der Waals surface area contributed by atoms with Crippen LogP contribution in [0.15, 0.2) is 0 Å². The van der Waals surface area contributed by atoms with E-state index in [0.717, 1.165) is 32.1 Å². The summed E-state index contributed by atoms with van der Waals surface area (Å²) in [7, 11) is 0. The van der Waals surface area contributed by atoms with Gasteiger partial charge in [-0.3, -0.25) is 4.79 Å². The molecule has 3 nitrogen and oxygen atoms in total. The van der Waals surface area contributed by atoms with Gasteiger partial charge in [0.05, 0.1) is 0 Å². The molecule has 3 N–H and O–H groups in total. The van der Waals surface area contributed by atoms with Crippen molar-refractivity contribution >= 4 is 5.91 Å². The Labute approximate surface area is 112 Å². The molecule has 3 heteroatoms. The van der Waals surface area contributed by atoms with E-state index in [9.17, 15) is 4.79 Å². The highest BCUT2D eigenvalue weighted by atomic mass is 16.1. The maximum absolute atomic E-state index is 12.2. The topological polar surface area (TPSA) is 55.1 Å². The summed E-state index contributed by atoms with van der Waals surface area (Å²) >= 11 is 0. The molecule has 1 aliphatic rings. The molecule has 1 saturated carbocycles. The first kappa shape index (κ1) is 15.5. The second-order valence-corrected chi connectivity index (χ2v) is 6.02. The minimum Gasteiger partial charge on any atom is -0.353 e. The van der Waals surface area contributed by atoms with Crippen molar-refractivity contribution in [3.05, 3.63) is 0 Å². The number of nitrogens with one attached hydrogen (secondary N) is 1. The summed E-state index contributed by atoms with van der Waals surface area (Å²) < 4.78 is 0. The minimum absolute atomic E-state index is 0.177. The zero-order chi connectivity index (χ0) is 13.7. The molecule has 1 rings (SSSR count). The lowest BCUT2D eigenvalue weighted by Crippen LogP contribution is -2.44. The monoisotopic (exact) mass is 254 g/mol. The van der Waals surface area contributed by atoms with Crippen molar-refractivity contribution in [3.63, 3.8) is 0 Å². The fraction of sp³-hybridized carbons (Fsp3) is 0.933. The van der Waals surface area contributed by atoms with Crippen LogP contribution in [0.25, 0.3) is 0 Å². The van der Waals surface area contributed by atoms with Gasteiger partial charge in [0.2, 0.25) is 5.91 Å². The standard InChI is InChI=1S/C15H30N2O/c1-5-12(6-2)11(4)17-15(18)13-7-8-14(16)10(3)9-13/h10-14H,5-9,16H2,1-4H3,(H,17,18). The van der Waals surface area contributed by atoms with E-state index in [-0.39, 0.29) is 17.9 Å². The van der Waals surface area contributed by atoms with Gasteiger partial charge in [-0.15, -0.1) is 0 Å². The molecule has 18 heavy (non-hydrogen) atoms. The van der Waals surface area contributed by atoms with Gasteiger partial charge in [-0.1, -0.05) is 33.6 Å². The maximum Gasteiger partial charge on any atom is 0.223 e. The fourth-order valence-corrected chi connectivity index (χ4v) is 3.11. The summed E-state index contributed by atoms with van der Waals surface area (Å²) in [5.41, 5.74) is 6.00. The first-order chi connectivity index (χ1) is 8.49. The Bertz CT molecular complexity index is 263. The average Bonchev–Trinajstić information content (AvgIpc) is 2.34. The van der Waals surface area contributed by atoms with E-state index in [2.05, 4.69) is 33.0 Å². The first-order valence-electron chi connectivity index (χ1n) is 7.55. The second kappa shape index (κ2) is 7.13. The molecule has 1 fully saturated rings. The Kier molecular flexibility index (Phi) is 6.13. The Hall–Kier alpha value is -0.570. The summed E-state index contributed by atoms with van der Waals surface area (Å²) in [5.74, 6) is 1.49. The molecule has 0 spiro atoms. The largest absolute Gasteiger partial charge is 0.353 e. The molecule has 4 unspecified atom stereocenters. The molecule has 1 amide bonds. The Morgan fingerprint density at radius 3 is 2.44 bits per heavy atom. The van der Waals surface area contributed by atoms with E-state index in [4.69, 9.17) is 5.73 Å². The summed E-state index contributed by atoms with van der Waals surface area (Å²) in [6, 6.07) is 0.573. The highest BCUT2D eigenvalue weighted by molar-refractivity contribution is 5.79. The lowest BCUT2D eigenvalue weighted by atomic mass is 9.79. The van der Waals surface area contributed by atoms with E-state index in [1.165, 1.54) is 0 Å². The van der Waals surface area contributed by atoms with Crippen LogP contribution in [0.2, 0.25) is 0 Å². The molecular formula is C15H30N2O. The first-order valence-corrected chi connectivity index (χ1v) is 7.55. The smallest absolute Gasteiger partial charge is 0.223 e. The van der Waals surface area contributed by atoms with Crippen molar-refractivity contribution in [3.8, 4) is 0 Å². The van der Waals surface area contributed by atoms with Gasteiger partial charge in [-0.05, 0) is 38.0 Å². The highest BCUT2D eigenvalue weighted by Crippen LogP contribution is 2.28. The van der Waals surface area contributed by atoms with E-state index in [1.54, 1.807) is 0 Å². The van der Waals surface area contributed by atoms with Crippen LogP contribution in [0.4, 0.5) is 0 Å². The van der Waals surface area contributed by atoms with Gasteiger partial charge in [0, 0.05) is 18.0 Å². The predicted octanol–water partition coefficient (Wildman–Crippen LogP) is 2.69. The van der Waals surface area contributed by atoms with Crippen LogP contribution in [0.5, 0.6) is 0 Å². The van der Waals surface area contributed by atoms with Gasteiger partial charge in [0.15, 0.2) is 0 Å². The molecule has 106 valence electrons. The number of nitrogens with two attached hydrogens (primary N) is 1. The molecule has 0 radical (unpaired) electrons. The lowest BCUT2D eigenvalue weighted by molar-refractivity contribution is -0.127. The van der Waals surface area contributed by atoms with E-state index >= 15 is 0 Å². The number of carbonyl (C=O) groups excluding carboxylic acids is 1. The van der Waals surface area contributed by atoms with Gasteiger partial charge < -0.3 is 11.1 Å². The Morgan fingerprint density at radius 2 is 1.94 bits per heavy atom. The van der Waals surface area contributed by atoms with Crippen LogP contribution in [0.3, 0.4) is 0 Å². The van der Waals surface area contributed by atoms with Gasteiger partial charge in [0.25, 0.3) is 0 Å². The van der Waals surface area contributed by atoms with Crippen molar-refractivity contribution < 1.29 is 4.79 Å². The van der Waals surface area contributed by atoms with Crippen LogP contribution >= 0.6 is 0 Å². The maximum atomic E-state index is 12.2. The third-order valence-corrected chi connectivity index (χ3v) is 4.73. The molecular weight excluding hydrogens is 224 g/mol. The van der Waals surface area contributed by atoms with Crippen LogP contribution < -0.4 is 11.1 Å². The highest BCUT2D eigenvalue weighted by Gasteiger charge is 2.30. The molecule has 0 aromatic carbocycles. The summed E-state index contributed by atoms with van der Waals surface area (Å²) in [6.07, 6.45) is 5.14. The molecule has 0 aromatic heterocycles. The molecule has 0 aromatic rings. The van der Waals surface area contributed by atoms with E-state index in [0.29, 0.717) is 17.9 Å². The third-order valence-electron chi connectivity index (χ3n) is 4.73. The number of rotatable bonds is 5. The van der Waals surface area contributed by atoms with Gasteiger partial charge in [-0.25, -0.2) is 0 Å². The van der Waals surface area contributed by atoms with Crippen molar-refractivity contribution in [2.24, 2.45) is 23.5 Å². The van der Waals surface area contributed by atoms with Crippen LogP contribution in [0.1, 0.15) is 59.8 Å². The molecule has 0 bridgehead atoms. The van der Waals surface area contributed by atoms with Crippen LogP contribution in [0, 0.1) is 17.8 Å². The van der Waals surface area contributed by atoms with Crippen molar-refractivity contribution in [2.45, 2.75) is 71.9 Å². The van der Waals surface area contributed by atoms with E-state index in [1.807, 2.05) is 0 Å². The number of carbonyl (C=O) groups is 1. The Morgan fingerprint density at radius 1 is 1.33 bits per heavy atom. The van der Waals surface area contributed by atoms with Crippen molar-refractivity contribution in [1.29, 1.82) is 0 Å². The summed E-state index contributed by atoms with van der Waals surface area (Å²) in [5, 5.41) is 3.21. The van der Waals surface area contributed by atoms with Crippen molar-refractivity contribution in [2.75, 3.05) is 0 Å². The lowest BCUT2D eigenvalue weighted by Gasteiger charge is -2.32. The normalized spacial score (nSPS) is 30.2. The zero-order valence-corrected chi connectivity index (χ0v) is 12.4. The number of hydrogen-bond acceptors (Lipinski definition) is 2. The Balaban J connectivity index is 2.45. The van der Waals surface area contributed by atoms with Crippen LogP contribution in [-0.4, -0.2) is 18.0 Å². The molecule has 0 aliphatic heterocycles. The second-order valence-electron chi connectivity index (χ2n) is 6.02. The predicted molar refractivity (Wildman–Crippen MR) is 76.2 cm³/mol.